The van der Waals surface area contributed by atoms with E-state index in [1.807, 2.05) is 0 Å². The van der Waals surface area contributed by atoms with E-state index in [1.54, 1.807) is 35.7 Å². The summed E-state index contributed by atoms with van der Waals surface area (Å²) in [7, 11) is 0. The molecule has 0 saturated carbocycles. The number of benzene rings is 2. The molecule has 166 valence electrons. The predicted octanol–water partition coefficient (Wildman–Crippen LogP) is 5.74. The summed E-state index contributed by atoms with van der Waals surface area (Å²) in [6.45, 7) is 0.133. The Kier molecular flexibility index (Phi) is 6.27. The lowest BCUT2D eigenvalue weighted by Gasteiger charge is -2.25. The minimum absolute atomic E-state index is 0.00754. The highest BCUT2D eigenvalue weighted by Gasteiger charge is 2.31. The third-order valence-corrected chi connectivity index (χ3v) is 5.84. The zero-order chi connectivity index (χ0) is 22.7. The fourth-order valence-corrected chi connectivity index (χ4v) is 4.12. The first kappa shape index (κ1) is 22.0. The lowest BCUT2D eigenvalue weighted by atomic mass is 10.0. The number of amides is 1. The summed E-state index contributed by atoms with van der Waals surface area (Å²) in [6.07, 6.45) is -4.54. The third-order valence-electron chi connectivity index (χ3n) is 4.98. The van der Waals surface area contributed by atoms with Crippen LogP contribution in [0.25, 0.3) is 0 Å². The largest absolute Gasteiger partial charge is 0.416 e. The fourth-order valence-electron chi connectivity index (χ4n) is 3.43. The Morgan fingerprint density at radius 1 is 1.12 bits per heavy atom. The van der Waals surface area contributed by atoms with Crippen molar-refractivity contribution in [3.63, 3.8) is 0 Å². The smallest absolute Gasteiger partial charge is 0.390 e. The number of rotatable bonds is 6. The van der Waals surface area contributed by atoms with Crippen LogP contribution in [0.1, 0.15) is 32.8 Å². The number of carbonyl (C=O) groups is 1. The Hall–Kier alpha value is -3.20. The topological polar surface area (TPSA) is 41.9 Å². The SMILES string of the molecule is O=C(c1cccs1)N(Cc1cccc(C(F)(F)F)c1)C[C@H]1CC(c2ccc(F)cc2)=NO1. The summed E-state index contributed by atoms with van der Waals surface area (Å²) in [5.41, 5.74) is 0.931. The number of carbonyl (C=O) groups excluding carboxylic acids is 1. The van der Waals surface area contributed by atoms with Gasteiger partial charge in [-0.25, -0.2) is 4.39 Å². The van der Waals surface area contributed by atoms with E-state index >= 15 is 0 Å². The number of halogens is 4. The molecule has 32 heavy (non-hydrogen) atoms. The van der Waals surface area contributed by atoms with Gasteiger partial charge in [0.2, 0.25) is 0 Å². The van der Waals surface area contributed by atoms with Gasteiger partial charge in [0, 0.05) is 13.0 Å². The number of alkyl halides is 3. The Morgan fingerprint density at radius 2 is 1.91 bits per heavy atom. The molecule has 9 heteroatoms. The van der Waals surface area contributed by atoms with Crippen molar-refractivity contribution in [3.05, 3.63) is 93.4 Å². The normalized spacial score (nSPS) is 15.9. The molecular weight excluding hydrogens is 444 g/mol. The van der Waals surface area contributed by atoms with Crippen molar-refractivity contribution in [2.75, 3.05) is 6.54 Å². The van der Waals surface area contributed by atoms with Crippen LogP contribution < -0.4 is 0 Å². The van der Waals surface area contributed by atoms with Gasteiger partial charge in [0.15, 0.2) is 6.10 Å². The highest BCUT2D eigenvalue weighted by Crippen LogP contribution is 2.30. The highest BCUT2D eigenvalue weighted by molar-refractivity contribution is 7.12. The zero-order valence-corrected chi connectivity index (χ0v) is 17.5. The van der Waals surface area contributed by atoms with Crippen molar-refractivity contribution in [1.29, 1.82) is 0 Å². The second kappa shape index (κ2) is 9.12. The molecule has 0 spiro atoms. The summed E-state index contributed by atoms with van der Waals surface area (Å²) in [5, 5.41) is 5.82. The first-order chi connectivity index (χ1) is 15.3. The molecule has 4 rings (SSSR count). The van der Waals surface area contributed by atoms with Crippen LogP contribution in [0.5, 0.6) is 0 Å². The van der Waals surface area contributed by atoms with Gasteiger partial charge in [-0.3, -0.25) is 4.79 Å². The summed E-state index contributed by atoms with van der Waals surface area (Å²) in [6, 6.07) is 14.2. The van der Waals surface area contributed by atoms with Crippen LogP contribution in [0.15, 0.2) is 71.2 Å². The second-order valence-corrected chi connectivity index (χ2v) is 8.29. The average molecular weight is 462 g/mol. The van der Waals surface area contributed by atoms with Crippen LogP contribution in [-0.4, -0.2) is 29.2 Å². The average Bonchev–Trinajstić information content (AvgIpc) is 3.45. The summed E-state index contributed by atoms with van der Waals surface area (Å²) >= 11 is 1.26. The van der Waals surface area contributed by atoms with Gasteiger partial charge in [0.25, 0.3) is 5.91 Å². The van der Waals surface area contributed by atoms with E-state index in [4.69, 9.17) is 4.84 Å². The summed E-state index contributed by atoms with van der Waals surface area (Å²) < 4.78 is 52.5. The summed E-state index contributed by atoms with van der Waals surface area (Å²) in [4.78, 5) is 20.5. The van der Waals surface area contributed by atoms with Gasteiger partial charge in [0.05, 0.1) is 22.7 Å². The molecule has 0 fully saturated rings. The Bertz CT molecular complexity index is 1110. The molecule has 3 aromatic rings. The minimum atomic E-state index is -4.47. The Labute approximate surface area is 185 Å². The molecule has 2 heterocycles. The Balaban J connectivity index is 1.51. The van der Waals surface area contributed by atoms with E-state index in [2.05, 4.69) is 5.16 Å². The van der Waals surface area contributed by atoms with Crippen LogP contribution in [-0.2, 0) is 17.6 Å². The van der Waals surface area contributed by atoms with E-state index in [0.717, 1.165) is 12.1 Å². The van der Waals surface area contributed by atoms with Gasteiger partial charge >= 0.3 is 6.18 Å². The molecule has 1 atom stereocenters. The van der Waals surface area contributed by atoms with Crippen LogP contribution >= 0.6 is 11.3 Å². The van der Waals surface area contributed by atoms with Gasteiger partial charge < -0.3 is 9.74 Å². The molecule has 0 unspecified atom stereocenters. The van der Waals surface area contributed by atoms with Crippen molar-refractivity contribution in [2.24, 2.45) is 5.16 Å². The van der Waals surface area contributed by atoms with E-state index in [9.17, 15) is 22.4 Å². The van der Waals surface area contributed by atoms with Crippen molar-refractivity contribution < 1.29 is 27.2 Å². The van der Waals surface area contributed by atoms with Gasteiger partial charge in [-0.15, -0.1) is 11.3 Å². The van der Waals surface area contributed by atoms with Gasteiger partial charge in [0.1, 0.15) is 5.82 Å². The van der Waals surface area contributed by atoms with E-state index in [0.29, 0.717) is 28.1 Å². The number of thiophene rings is 1. The van der Waals surface area contributed by atoms with Gasteiger partial charge in [-0.2, -0.15) is 13.2 Å². The van der Waals surface area contributed by atoms with Gasteiger partial charge in [-0.05, 0) is 46.8 Å². The van der Waals surface area contributed by atoms with Crippen LogP contribution in [0.2, 0.25) is 0 Å². The third kappa shape index (κ3) is 5.16. The molecule has 1 aromatic heterocycles. The fraction of sp³-hybridized carbons (Fsp3) is 0.217. The maximum absolute atomic E-state index is 13.2. The molecule has 0 aliphatic carbocycles. The van der Waals surface area contributed by atoms with Crippen molar-refractivity contribution in [3.8, 4) is 0 Å². The standard InChI is InChI=1S/C23H18F4N2O2S/c24-18-8-6-16(7-9-18)20-12-19(31-28-20)14-29(22(30)21-5-2-10-32-21)13-15-3-1-4-17(11-15)23(25,26)27/h1-11,19H,12-14H2/t19-/m1/s1. The lowest BCUT2D eigenvalue weighted by Crippen LogP contribution is -2.37. The zero-order valence-electron chi connectivity index (χ0n) is 16.7. The molecule has 2 aromatic carbocycles. The van der Waals surface area contributed by atoms with E-state index in [-0.39, 0.29) is 24.8 Å². The predicted molar refractivity (Wildman–Crippen MR) is 113 cm³/mol. The van der Waals surface area contributed by atoms with Crippen LogP contribution in [0.4, 0.5) is 17.6 Å². The van der Waals surface area contributed by atoms with Gasteiger partial charge in [-0.1, -0.05) is 35.5 Å². The minimum Gasteiger partial charge on any atom is -0.390 e. The molecule has 4 nitrogen and oxygen atoms in total. The van der Waals surface area contributed by atoms with Crippen molar-refractivity contribution in [1.82, 2.24) is 4.90 Å². The number of oxime groups is 1. The van der Waals surface area contributed by atoms with E-state index in [1.165, 1.54) is 34.4 Å². The molecule has 0 saturated heterocycles. The molecule has 1 amide bonds. The molecule has 0 bridgehead atoms. The molecular formula is C23H18F4N2O2S. The quantitative estimate of drug-likeness (QED) is 0.439. The first-order valence-corrected chi connectivity index (χ1v) is 10.6. The van der Waals surface area contributed by atoms with Crippen LogP contribution in [0, 0.1) is 5.82 Å². The molecule has 1 aliphatic rings. The maximum atomic E-state index is 13.2. The number of hydrogen-bond donors (Lipinski definition) is 0. The molecule has 1 aliphatic heterocycles. The van der Waals surface area contributed by atoms with E-state index < -0.39 is 17.8 Å². The number of hydrogen-bond acceptors (Lipinski definition) is 4. The monoisotopic (exact) mass is 462 g/mol. The number of nitrogens with zero attached hydrogens (tertiary/aromatic N) is 2. The van der Waals surface area contributed by atoms with Crippen LogP contribution in [0.3, 0.4) is 0 Å². The van der Waals surface area contributed by atoms with Crippen molar-refractivity contribution in [2.45, 2.75) is 25.2 Å². The Morgan fingerprint density at radius 3 is 2.59 bits per heavy atom. The van der Waals surface area contributed by atoms with Crippen molar-refractivity contribution >= 4 is 23.0 Å². The first-order valence-electron chi connectivity index (χ1n) is 9.77. The summed E-state index contributed by atoms with van der Waals surface area (Å²) in [5.74, 6) is -0.658. The second-order valence-electron chi connectivity index (χ2n) is 7.34. The molecule has 0 N–H and O–H groups in total. The lowest BCUT2D eigenvalue weighted by molar-refractivity contribution is -0.137. The highest BCUT2D eigenvalue weighted by atomic mass is 32.1. The maximum Gasteiger partial charge on any atom is 0.416 e. The molecule has 0 radical (unpaired) electrons.